The van der Waals surface area contributed by atoms with Gasteiger partial charge in [-0.15, -0.1) is 0 Å². The fourth-order valence-corrected chi connectivity index (χ4v) is 2.66. The molecule has 1 aliphatic rings. The summed E-state index contributed by atoms with van der Waals surface area (Å²) in [6, 6.07) is 6.12. The van der Waals surface area contributed by atoms with E-state index in [1.54, 1.807) is 11.8 Å². The molecule has 1 saturated carbocycles. The number of hydrogen-bond acceptors (Lipinski definition) is 2. The van der Waals surface area contributed by atoms with E-state index in [1.165, 1.54) is 0 Å². The summed E-state index contributed by atoms with van der Waals surface area (Å²) in [5.74, 6) is -1.37. The number of hydrogen-bond donors (Lipinski definition) is 1. The Kier molecular flexibility index (Phi) is 5.04. The predicted octanol–water partition coefficient (Wildman–Crippen LogP) is 3.01. The molecule has 0 bridgehead atoms. The lowest BCUT2D eigenvalue weighted by molar-refractivity contribution is -0.143. The molecule has 1 unspecified atom stereocenters. The van der Waals surface area contributed by atoms with Crippen LogP contribution in [0.2, 0.25) is 0 Å². The number of carbonyl (C=O) groups excluding carboxylic acids is 1. The molecule has 0 heterocycles. The molecule has 0 radical (unpaired) electrons. The molecule has 4 nitrogen and oxygen atoms in total. The number of amides is 1. The van der Waals surface area contributed by atoms with Crippen molar-refractivity contribution in [3.63, 3.8) is 0 Å². The van der Waals surface area contributed by atoms with Crippen molar-refractivity contribution >= 4 is 27.8 Å². The molecule has 114 valence electrons. The number of aryl methyl sites for hydroxylation is 1. The van der Waals surface area contributed by atoms with Gasteiger partial charge in [0.25, 0.3) is 0 Å². The SMILES string of the molecule is Cc1ccc(CC(=O)N(CC(C)C(=O)O)C2CC2)cc1Br. The first-order valence-corrected chi connectivity index (χ1v) is 7.95. The molecule has 1 aromatic rings. The Morgan fingerprint density at radius 3 is 2.62 bits per heavy atom. The lowest BCUT2D eigenvalue weighted by atomic mass is 10.1. The Morgan fingerprint density at radius 2 is 2.10 bits per heavy atom. The molecule has 1 amide bonds. The van der Waals surface area contributed by atoms with Crippen LogP contribution in [0, 0.1) is 12.8 Å². The Hall–Kier alpha value is -1.36. The quantitative estimate of drug-likeness (QED) is 0.854. The van der Waals surface area contributed by atoms with Crippen molar-refractivity contribution in [3.05, 3.63) is 33.8 Å². The maximum Gasteiger partial charge on any atom is 0.308 e. The van der Waals surface area contributed by atoms with E-state index in [-0.39, 0.29) is 11.9 Å². The van der Waals surface area contributed by atoms with Crippen molar-refractivity contribution in [1.82, 2.24) is 4.90 Å². The maximum atomic E-state index is 12.5. The lowest BCUT2D eigenvalue weighted by Gasteiger charge is -2.24. The predicted molar refractivity (Wildman–Crippen MR) is 84.1 cm³/mol. The fraction of sp³-hybridized carbons (Fsp3) is 0.500. The number of aliphatic carboxylic acids is 1. The standard InChI is InChI=1S/C16H20BrNO3/c1-10-3-4-12(7-14(10)17)8-15(19)18(13-5-6-13)9-11(2)16(20)21/h3-4,7,11,13H,5-6,8-9H2,1-2H3,(H,20,21). The van der Waals surface area contributed by atoms with Crippen molar-refractivity contribution in [1.29, 1.82) is 0 Å². The summed E-state index contributed by atoms with van der Waals surface area (Å²) in [6.45, 7) is 3.94. The average molecular weight is 354 g/mol. The highest BCUT2D eigenvalue weighted by atomic mass is 79.9. The Balaban J connectivity index is 2.04. The summed E-state index contributed by atoms with van der Waals surface area (Å²) < 4.78 is 0.990. The van der Waals surface area contributed by atoms with Gasteiger partial charge in [-0.3, -0.25) is 9.59 Å². The van der Waals surface area contributed by atoms with Crippen LogP contribution in [0.15, 0.2) is 22.7 Å². The number of carboxylic acids is 1. The topological polar surface area (TPSA) is 57.6 Å². The van der Waals surface area contributed by atoms with Crippen LogP contribution in [-0.4, -0.2) is 34.5 Å². The van der Waals surface area contributed by atoms with E-state index < -0.39 is 11.9 Å². The molecule has 0 aliphatic heterocycles. The van der Waals surface area contributed by atoms with Crippen LogP contribution in [0.1, 0.15) is 30.9 Å². The van der Waals surface area contributed by atoms with Crippen molar-refractivity contribution in [2.75, 3.05) is 6.54 Å². The largest absolute Gasteiger partial charge is 0.481 e. The zero-order chi connectivity index (χ0) is 15.6. The number of carbonyl (C=O) groups is 2. The first-order valence-electron chi connectivity index (χ1n) is 7.15. The van der Waals surface area contributed by atoms with Crippen LogP contribution in [0.25, 0.3) is 0 Å². The second-order valence-corrected chi connectivity index (χ2v) is 6.63. The molecule has 1 aliphatic carbocycles. The first-order chi connectivity index (χ1) is 9.88. The van der Waals surface area contributed by atoms with E-state index >= 15 is 0 Å². The molecule has 2 rings (SSSR count). The summed E-state index contributed by atoms with van der Waals surface area (Å²) in [5.41, 5.74) is 2.08. The summed E-state index contributed by atoms with van der Waals surface area (Å²) in [5, 5.41) is 9.03. The third-order valence-corrected chi connectivity index (χ3v) is 4.65. The second kappa shape index (κ2) is 6.60. The van der Waals surface area contributed by atoms with Crippen molar-refractivity contribution < 1.29 is 14.7 Å². The number of rotatable bonds is 6. The number of benzene rings is 1. The van der Waals surface area contributed by atoms with Gasteiger partial charge in [-0.25, -0.2) is 0 Å². The molecule has 21 heavy (non-hydrogen) atoms. The molecule has 1 N–H and O–H groups in total. The molecule has 0 saturated heterocycles. The highest BCUT2D eigenvalue weighted by molar-refractivity contribution is 9.10. The van der Waals surface area contributed by atoms with Crippen molar-refractivity contribution in [2.24, 2.45) is 5.92 Å². The molecule has 1 fully saturated rings. The van der Waals surface area contributed by atoms with E-state index in [0.717, 1.165) is 28.4 Å². The fourth-order valence-electron chi connectivity index (χ4n) is 2.24. The van der Waals surface area contributed by atoms with Crippen molar-refractivity contribution in [2.45, 2.75) is 39.2 Å². The van der Waals surface area contributed by atoms with E-state index in [0.29, 0.717) is 13.0 Å². The number of halogens is 1. The van der Waals surface area contributed by atoms with Crippen molar-refractivity contribution in [3.8, 4) is 0 Å². The smallest absolute Gasteiger partial charge is 0.308 e. The average Bonchev–Trinajstić information content (AvgIpc) is 3.24. The van der Waals surface area contributed by atoms with Gasteiger partial charge in [-0.2, -0.15) is 0 Å². The van der Waals surface area contributed by atoms with Gasteiger partial charge in [0.1, 0.15) is 0 Å². The van der Waals surface area contributed by atoms with Crippen LogP contribution in [0.3, 0.4) is 0 Å². The van der Waals surface area contributed by atoms with Crippen LogP contribution in [0.5, 0.6) is 0 Å². The van der Waals surface area contributed by atoms with E-state index in [9.17, 15) is 9.59 Å². The molecule has 0 aromatic heterocycles. The summed E-state index contributed by atoms with van der Waals surface area (Å²) in [4.78, 5) is 25.2. The van der Waals surface area contributed by atoms with Gasteiger partial charge in [0.2, 0.25) is 5.91 Å². The van der Waals surface area contributed by atoms with E-state index in [2.05, 4.69) is 15.9 Å². The van der Waals surface area contributed by atoms with Gasteiger partial charge in [-0.1, -0.05) is 35.0 Å². The van der Waals surface area contributed by atoms with E-state index in [1.807, 2.05) is 25.1 Å². The minimum Gasteiger partial charge on any atom is -0.481 e. The molecular formula is C16H20BrNO3. The van der Waals surface area contributed by atoms with Crippen LogP contribution in [-0.2, 0) is 16.0 Å². The van der Waals surface area contributed by atoms with Crippen LogP contribution in [0.4, 0.5) is 0 Å². The van der Waals surface area contributed by atoms with Gasteiger partial charge in [0.05, 0.1) is 12.3 Å². The summed E-state index contributed by atoms with van der Waals surface area (Å²) in [7, 11) is 0. The summed E-state index contributed by atoms with van der Waals surface area (Å²) in [6.07, 6.45) is 2.28. The molecule has 1 atom stereocenters. The highest BCUT2D eigenvalue weighted by Gasteiger charge is 2.34. The molecule has 0 spiro atoms. The van der Waals surface area contributed by atoms with Crippen LogP contribution >= 0.6 is 15.9 Å². The van der Waals surface area contributed by atoms with Gasteiger partial charge in [0, 0.05) is 17.1 Å². The lowest BCUT2D eigenvalue weighted by Crippen LogP contribution is -2.39. The molecule has 5 heteroatoms. The minimum absolute atomic E-state index is 0.0151. The van der Waals surface area contributed by atoms with Gasteiger partial charge in [0.15, 0.2) is 0 Å². The normalized spacial score (nSPS) is 15.6. The molecule has 1 aromatic carbocycles. The Morgan fingerprint density at radius 1 is 1.43 bits per heavy atom. The monoisotopic (exact) mass is 353 g/mol. The third kappa shape index (κ3) is 4.30. The Bertz CT molecular complexity index is 554. The summed E-state index contributed by atoms with van der Waals surface area (Å²) >= 11 is 3.47. The van der Waals surface area contributed by atoms with Gasteiger partial charge >= 0.3 is 5.97 Å². The maximum absolute atomic E-state index is 12.5. The first kappa shape index (κ1) is 16.0. The molecular weight excluding hydrogens is 334 g/mol. The highest BCUT2D eigenvalue weighted by Crippen LogP contribution is 2.28. The number of carboxylic acid groups (broad SMARTS) is 1. The third-order valence-electron chi connectivity index (χ3n) is 3.79. The number of nitrogens with zero attached hydrogens (tertiary/aromatic N) is 1. The zero-order valence-corrected chi connectivity index (χ0v) is 13.9. The second-order valence-electron chi connectivity index (χ2n) is 5.78. The van der Waals surface area contributed by atoms with Gasteiger partial charge < -0.3 is 10.0 Å². The van der Waals surface area contributed by atoms with Crippen LogP contribution < -0.4 is 0 Å². The zero-order valence-electron chi connectivity index (χ0n) is 12.3. The Labute approximate surface area is 133 Å². The minimum atomic E-state index is -0.855. The van der Waals surface area contributed by atoms with Gasteiger partial charge in [-0.05, 0) is 37.0 Å². The van der Waals surface area contributed by atoms with E-state index in [4.69, 9.17) is 5.11 Å².